The van der Waals surface area contributed by atoms with E-state index in [0.717, 1.165) is 12.0 Å². The molecule has 18 heavy (non-hydrogen) atoms. The average molecular weight is 253 g/mol. The standard InChI is InChI=1S/C15H31N3/c1-4-13(2)15-12-18(10-8-16-15)11-14-7-5-6-9-17(14)3/h13-16H,4-12H2,1-3H3. The Morgan fingerprint density at radius 3 is 2.83 bits per heavy atom. The van der Waals surface area contributed by atoms with Gasteiger partial charge in [0.1, 0.15) is 0 Å². The van der Waals surface area contributed by atoms with Gasteiger partial charge >= 0.3 is 0 Å². The molecular formula is C15H31N3. The first kappa shape index (κ1) is 14.3. The van der Waals surface area contributed by atoms with E-state index in [2.05, 4.69) is 36.0 Å². The van der Waals surface area contributed by atoms with Gasteiger partial charge in [0.05, 0.1) is 0 Å². The number of hydrogen-bond donors (Lipinski definition) is 1. The summed E-state index contributed by atoms with van der Waals surface area (Å²) >= 11 is 0. The molecule has 2 saturated heterocycles. The van der Waals surface area contributed by atoms with Gasteiger partial charge in [0.25, 0.3) is 0 Å². The summed E-state index contributed by atoms with van der Waals surface area (Å²) in [6, 6.07) is 1.51. The third kappa shape index (κ3) is 3.69. The summed E-state index contributed by atoms with van der Waals surface area (Å²) in [4.78, 5) is 5.27. The average Bonchev–Trinajstić information content (AvgIpc) is 2.41. The van der Waals surface area contributed by atoms with Crippen molar-refractivity contribution >= 4 is 0 Å². The fraction of sp³-hybridized carbons (Fsp3) is 1.00. The van der Waals surface area contributed by atoms with Crippen molar-refractivity contribution in [3.05, 3.63) is 0 Å². The highest BCUT2D eigenvalue weighted by atomic mass is 15.2. The highest BCUT2D eigenvalue weighted by molar-refractivity contribution is 4.85. The lowest BCUT2D eigenvalue weighted by atomic mass is 9.96. The van der Waals surface area contributed by atoms with Crippen LogP contribution >= 0.6 is 0 Å². The summed E-state index contributed by atoms with van der Waals surface area (Å²) in [5.74, 6) is 0.803. The van der Waals surface area contributed by atoms with Crippen LogP contribution in [0, 0.1) is 5.92 Å². The van der Waals surface area contributed by atoms with Crippen molar-refractivity contribution in [3.63, 3.8) is 0 Å². The van der Waals surface area contributed by atoms with Gasteiger partial charge in [-0.25, -0.2) is 0 Å². The Balaban J connectivity index is 1.81. The van der Waals surface area contributed by atoms with E-state index in [1.54, 1.807) is 0 Å². The van der Waals surface area contributed by atoms with Crippen LogP contribution in [-0.2, 0) is 0 Å². The predicted octanol–water partition coefficient (Wildman–Crippen LogP) is 1.79. The van der Waals surface area contributed by atoms with Gasteiger partial charge in [-0.3, -0.25) is 4.90 Å². The molecule has 0 saturated carbocycles. The van der Waals surface area contributed by atoms with Crippen LogP contribution in [0.4, 0.5) is 0 Å². The molecule has 3 nitrogen and oxygen atoms in total. The summed E-state index contributed by atoms with van der Waals surface area (Å²) in [5.41, 5.74) is 0. The number of likely N-dealkylation sites (N-methyl/N-ethyl adjacent to an activating group) is 1. The first-order valence-corrected chi connectivity index (χ1v) is 7.86. The maximum atomic E-state index is 3.69. The van der Waals surface area contributed by atoms with Gasteiger partial charge in [-0.15, -0.1) is 0 Å². The van der Waals surface area contributed by atoms with Crippen LogP contribution < -0.4 is 5.32 Å². The van der Waals surface area contributed by atoms with Crippen LogP contribution in [0.15, 0.2) is 0 Å². The monoisotopic (exact) mass is 253 g/mol. The number of nitrogens with one attached hydrogen (secondary N) is 1. The highest BCUT2D eigenvalue weighted by Gasteiger charge is 2.27. The van der Waals surface area contributed by atoms with E-state index in [1.807, 2.05) is 0 Å². The van der Waals surface area contributed by atoms with Crippen molar-refractivity contribution in [1.29, 1.82) is 0 Å². The maximum Gasteiger partial charge on any atom is 0.0221 e. The minimum Gasteiger partial charge on any atom is -0.311 e. The molecule has 2 aliphatic heterocycles. The Bertz CT molecular complexity index is 244. The summed E-state index contributed by atoms with van der Waals surface area (Å²) in [6.07, 6.45) is 5.50. The highest BCUT2D eigenvalue weighted by Crippen LogP contribution is 2.18. The van der Waals surface area contributed by atoms with Crippen molar-refractivity contribution < 1.29 is 0 Å². The Morgan fingerprint density at radius 1 is 1.28 bits per heavy atom. The topological polar surface area (TPSA) is 18.5 Å². The van der Waals surface area contributed by atoms with Gasteiger partial charge in [0, 0.05) is 38.3 Å². The molecule has 3 atom stereocenters. The van der Waals surface area contributed by atoms with Gasteiger partial charge in [-0.2, -0.15) is 0 Å². The first-order valence-electron chi connectivity index (χ1n) is 7.86. The third-order valence-electron chi connectivity index (χ3n) is 5.01. The quantitative estimate of drug-likeness (QED) is 0.824. The van der Waals surface area contributed by atoms with Crippen molar-refractivity contribution in [2.45, 2.75) is 51.6 Å². The zero-order valence-corrected chi connectivity index (χ0v) is 12.5. The Kier molecular flexibility index (Phi) is 5.46. The molecule has 0 aliphatic carbocycles. The second-order valence-electron chi connectivity index (χ2n) is 6.34. The fourth-order valence-corrected chi connectivity index (χ4v) is 3.35. The van der Waals surface area contributed by atoms with Crippen molar-refractivity contribution in [1.82, 2.24) is 15.1 Å². The Labute approximate surface area is 113 Å². The van der Waals surface area contributed by atoms with E-state index in [-0.39, 0.29) is 0 Å². The van der Waals surface area contributed by atoms with Gasteiger partial charge < -0.3 is 10.2 Å². The zero-order chi connectivity index (χ0) is 13.0. The van der Waals surface area contributed by atoms with Gasteiger partial charge in [0.15, 0.2) is 0 Å². The first-order chi connectivity index (χ1) is 8.70. The second-order valence-corrected chi connectivity index (χ2v) is 6.34. The molecule has 3 heteroatoms. The van der Waals surface area contributed by atoms with E-state index in [9.17, 15) is 0 Å². The Hall–Kier alpha value is -0.120. The van der Waals surface area contributed by atoms with Crippen LogP contribution in [0.2, 0.25) is 0 Å². The van der Waals surface area contributed by atoms with E-state index >= 15 is 0 Å². The molecule has 0 aromatic heterocycles. The molecule has 2 aliphatic rings. The molecule has 0 bridgehead atoms. The van der Waals surface area contributed by atoms with Crippen molar-refractivity contribution in [2.24, 2.45) is 5.92 Å². The molecule has 2 rings (SSSR count). The minimum absolute atomic E-state index is 0.706. The summed E-state index contributed by atoms with van der Waals surface area (Å²) in [5, 5.41) is 3.69. The molecule has 1 N–H and O–H groups in total. The molecule has 0 spiro atoms. The van der Waals surface area contributed by atoms with Crippen LogP contribution in [0.5, 0.6) is 0 Å². The molecule has 2 heterocycles. The molecule has 0 amide bonds. The van der Waals surface area contributed by atoms with Crippen molar-refractivity contribution in [3.8, 4) is 0 Å². The number of hydrogen-bond acceptors (Lipinski definition) is 3. The predicted molar refractivity (Wildman–Crippen MR) is 78.0 cm³/mol. The smallest absolute Gasteiger partial charge is 0.0221 e. The molecule has 0 aromatic carbocycles. The SMILES string of the molecule is CCC(C)C1CN(CC2CCCCN2C)CCN1. The fourth-order valence-electron chi connectivity index (χ4n) is 3.35. The molecular weight excluding hydrogens is 222 g/mol. The van der Waals surface area contributed by atoms with Crippen molar-refractivity contribution in [2.75, 3.05) is 39.8 Å². The molecule has 3 unspecified atom stereocenters. The normalized spacial score (nSPS) is 33.5. The number of rotatable bonds is 4. The maximum absolute atomic E-state index is 3.69. The van der Waals surface area contributed by atoms with Gasteiger partial charge in [-0.05, 0) is 32.4 Å². The number of likely N-dealkylation sites (tertiary alicyclic amines) is 1. The lowest BCUT2D eigenvalue weighted by Gasteiger charge is -2.41. The second kappa shape index (κ2) is 6.88. The Morgan fingerprint density at radius 2 is 2.11 bits per heavy atom. The van der Waals surface area contributed by atoms with Crippen LogP contribution in [0.1, 0.15) is 39.5 Å². The zero-order valence-electron chi connectivity index (χ0n) is 12.5. The van der Waals surface area contributed by atoms with Crippen LogP contribution in [0.3, 0.4) is 0 Å². The number of piperazine rings is 1. The molecule has 2 fully saturated rings. The van der Waals surface area contributed by atoms with Crippen LogP contribution in [0.25, 0.3) is 0 Å². The minimum atomic E-state index is 0.706. The largest absolute Gasteiger partial charge is 0.311 e. The van der Waals surface area contributed by atoms with E-state index in [1.165, 1.54) is 58.4 Å². The number of piperidine rings is 1. The number of nitrogens with zero attached hydrogens (tertiary/aromatic N) is 2. The van der Waals surface area contributed by atoms with E-state index in [4.69, 9.17) is 0 Å². The summed E-state index contributed by atoms with van der Waals surface area (Å²) in [7, 11) is 2.30. The lowest BCUT2D eigenvalue weighted by molar-refractivity contribution is 0.0991. The van der Waals surface area contributed by atoms with E-state index < -0.39 is 0 Å². The third-order valence-corrected chi connectivity index (χ3v) is 5.01. The van der Waals surface area contributed by atoms with Gasteiger partial charge in [-0.1, -0.05) is 26.7 Å². The van der Waals surface area contributed by atoms with Crippen LogP contribution in [-0.4, -0.2) is 61.7 Å². The molecule has 106 valence electrons. The lowest BCUT2D eigenvalue weighted by Crippen LogP contribution is -2.56. The van der Waals surface area contributed by atoms with E-state index in [0.29, 0.717) is 6.04 Å². The molecule has 0 aromatic rings. The molecule has 0 radical (unpaired) electrons. The summed E-state index contributed by atoms with van der Waals surface area (Å²) in [6.45, 7) is 10.9. The van der Waals surface area contributed by atoms with Gasteiger partial charge in [0.2, 0.25) is 0 Å². The summed E-state index contributed by atoms with van der Waals surface area (Å²) < 4.78 is 0.